The van der Waals surface area contributed by atoms with Crippen molar-refractivity contribution < 1.29 is 13.7 Å². The first-order valence-corrected chi connectivity index (χ1v) is 7.08. The van der Waals surface area contributed by atoms with Gasteiger partial charge in [0.15, 0.2) is 0 Å². The second kappa shape index (κ2) is 5.45. The maximum absolute atomic E-state index is 12.3. The van der Waals surface area contributed by atoms with Gasteiger partial charge < -0.3 is 9.47 Å². The third-order valence-electron chi connectivity index (χ3n) is 3.02. The van der Waals surface area contributed by atoms with Gasteiger partial charge in [-0.25, -0.2) is 0 Å². The van der Waals surface area contributed by atoms with Crippen LogP contribution in [0.1, 0.15) is 11.1 Å². The van der Waals surface area contributed by atoms with Crippen LogP contribution in [0.2, 0.25) is 0 Å². The normalized spacial score (nSPS) is 20.0. The fraction of sp³-hybridized carbons (Fsp3) is 0.200. The summed E-state index contributed by atoms with van der Waals surface area (Å²) < 4.78 is 22.5. The molecule has 0 radical (unpaired) electrons. The van der Waals surface area contributed by atoms with Crippen LogP contribution in [0.15, 0.2) is 48.1 Å². The van der Waals surface area contributed by atoms with Gasteiger partial charge >= 0.3 is 0 Å². The first-order chi connectivity index (χ1) is 9.06. The fourth-order valence-corrected chi connectivity index (χ4v) is 3.28. The highest BCUT2D eigenvalue weighted by Gasteiger charge is 2.23. The predicted molar refractivity (Wildman–Crippen MR) is 78.1 cm³/mol. The van der Waals surface area contributed by atoms with Crippen LogP contribution in [0.25, 0.3) is 5.57 Å². The van der Waals surface area contributed by atoms with Crippen molar-refractivity contribution in [2.24, 2.45) is 0 Å². The Morgan fingerprint density at radius 2 is 2.16 bits per heavy atom. The average Bonchev–Trinajstić information content (AvgIpc) is 2.42. The zero-order valence-corrected chi connectivity index (χ0v) is 11.9. The summed E-state index contributed by atoms with van der Waals surface area (Å²) in [5.74, 6) is 1.69. The second-order valence-corrected chi connectivity index (χ2v) is 5.59. The molecule has 100 valence electrons. The Labute approximate surface area is 115 Å². The lowest BCUT2D eigenvalue weighted by atomic mass is 10.00. The molecule has 0 saturated carbocycles. The molecule has 2 rings (SSSR count). The van der Waals surface area contributed by atoms with E-state index >= 15 is 0 Å². The molecule has 0 fully saturated rings. The Morgan fingerprint density at radius 3 is 2.79 bits per heavy atom. The summed E-state index contributed by atoms with van der Waals surface area (Å²) in [5, 5.41) is 0. The lowest BCUT2D eigenvalue weighted by Crippen LogP contribution is -2.11. The van der Waals surface area contributed by atoms with E-state index in [1.807, 2.05) is 18.2 Å². The minimum absolute atomic E-state index is 0.453. The molecule has 1 aromatic carbocycles. The van der Waals surface area contributed by atoms with E-state index in [1.165, 1.54) is 7.11 Å². The van der Waals surface area contributed by atoms with Crippen LogP contribution in [0.5, 0.6) is 5.75 Å². The van der Waals surface area contributed by atoms with Crippen molar-refractivity contribution in [3.63, 3.8) is 0 Å². The molecule has 0 bridgehead atoms. The number of benzene rings is 1. The Hall–Kier alpha value is -1.81. The van der Waals surface area contributed by atoms with Gasteiger partial charge in [0.2, 0.25) is 0 Å². The summed E-state index contributed by atoms with van der Waals surface area (Å²) in [4.78, 5) is 0.671. The highest BCUT2D eigenvalue weighted by molar-refractivity contribution is 7.89. The molecule has 1 aromatic rings. The van der Waals surface area contributed by atoms with Gasteiger partial charge in [-0.3, -0.25) is 4.21 Å². The lowest BCUT2D eigenvalue weighted by Gasteiger charge is -2.21. The van der Waals surface area contributed by atoms with Crippen LogP contribution in [-0.4, -0.2) is 18.4 Å². The molecule has 1 atom stereocenters. The van der Waals surface area contributed by atoms with Crippen LogP contribution in [-0.2, 0) is 21.3 Å². The number of hydrogen-bond donors (Lipinski definition) is 0. The van der Waals surface area contributed by atoms with Crippen molar-refractivity contribution in [3.05, 3.63) is 59.2 Å². The van der Waals surface area contributed by atoms with Gasteiger partial charge in [-0.2, -0.15) is 0 Å². The molecule has 1 unspecified atom stereocenters. The number of hydrogen-bond acceptors (Lipinski definition) is 3. The van der Waals surface area contributed by atoms with E-state index < -0.39 is 10.8 Å². The van der Waals surface area contributed by atoms with Gasteiger partial charge in [0.25, 0.3) is 0 Å². The Balaban J connectivity index is 2.46. The maximum Gasteiger partial charge on any atom is 0.119 e. The lowest BCUT2D eigenvalue weighted by molar-refractivity contribution is 0.308. The van der Waals surface area contributed by atoms with Crippen LogP contribution in [0.3, 0.4) is 0 Å². The summed E-state index contributed by atoms with van der Waals surface area (Å²) in [6, 6.07) is 5.72. The monoisotopic (exact) mass is 276 g/mol. The van der Waals surface area contributed by atoms with Gasteiger partial charge in [0.1, 0.15) is 11.5 Å². The van der Waals surface area contributed by atoms with E-state index in [9.17, 15) is 4.21 Å². The van der Waals surface area contributed by atoms with E-state index in [0.29, 0.717) is 16.4 Å². The number of rotatable bonds is 3. The highest BCUT2D eigenvalue weighted by atomic mass is 32.2. The molecule has 0 aromatic heterocycles. The average molecular weight is 276 g/mol. The molecular formula is C15H16O3S. The maximum atomic E-state index is 12.3. The Bertz CT molecular complexity index is 599. The molecule has 1 aliphatic heterocycles. The predicted octanol–water partition coefficient (Wildman–Crippen LogP) is 3.01. The van der Waals surface area contributed by atoms with Gasteiger partial charge in [0, 0.05) is 0 Å². The van der Waals surface area contributed by atoms with Gasteiger partial charge in [-0.05, 0) is 34.9 Å². The minimum atomic E-state index is -1.14. The zero-order valence-electron chi connectivity index (χ0n) is 11.1. The quantitative estimate of drug-likeness (QED) is 0.796. The van der Waals surface area contributed by atoms with Crippen LogP contribution >= 0.6 is 0 Å². The third kappa shape index (κ3) is 2.63. The molecule has 1 heterocycles. The van der Waals surface area contributed by atoms with Crippen molar-refractivity contribution in [2.75, 3.05) is 14.2 Å². The number of allylic oxidation sites excluding steroid dienone is 2. The molecule has 1 aliphatic rings. The Morgan fingerprint density at radius 1 is 1.42 bits per heavy atom. The molecule has 3 nitrogen and oxygen atoms in total. The number of fused-ring (bicyclic) bond motifs is 1. The number of ether oxygens (including phenoxy) is 2. The second-order valence-electron chi connectivity index (χ2n) is 4.17. The molecular weight excluding hydrogens is 260 g/mol. The van der Waals surface area contributed by atoms with Crippen molar-refractivity contribution in [3.8, 4) is 5.75 Å². The summed E-state index contributed by atoms with van der Waals surface area (Å²) in [7, 11) is 2.01. The van der Waals surface area contributed by atoms with Crippen LogP contribution < -0.4 is 4.74 Å². The highest BCUT2D eigenvalue weighted by Crippen LogP contribution is 2.36. The summed E-state index contributed by atoms with van der Waals surface area (Å²) in [5.41, 5.74) is 2.74. The number of methoxy groups -OCH3 is 2. The third-order valence-corrected chi connectivity index (χ3v) is 4.45. The Kier molecular flexibility index (Phi) is 3.90. The molecule has 0 N–H and O–H groups in total. The zero-order chi connectivity index (χ0) is 14.0. The molecule has 0 amide bonds. The van der Waals surface area contributed by atoms with Gasteiger partial charge in [0.05, 0.1) is 35.7 Å². The van der Waals surface area contributed by atoms with E-state index in [0.717, 1.165) is 22.4 Å². The SMILES string of the molecule is C=C(/C=C1\C(=C)c2ccc(OC)cc2CS1=O)OC. The molecule has 0 aliphatic carbocycles. The van der Waals surface area contributed by atoms with E-state index in [1.54, 1.807) is 13.2 Å². The minimum Gasteiger partial charge on any atom is -0.497 e. The van der Waals surface area contributed by atoms with E-state index in [2.05, 4.69) is 13.2 Å². The van der Waals surface area contributed by atoms with E-state index in [-0.39, 0.29) is 0 Å². The summed E-state index contributed by atoms with van der Waals surface area (Å²) in [6.45, 7) is 7.76. The standard InChI is InChI=1S/C15H16O3S/c1-10(17-3)7-15-11(2)14-6-5-13(18-4)8-12(14)9-19(15)16/h5-8H,1-2,9H2,3-4H3/b15-7+. The molecule has 0 saturated heterocycles. The fourth-order valence-electron chi connectivity index (χ4n) is 1.96. The van der Waals surface area contributed by atoms with E-state index in [4.69, 9.17) is 9.47 Å². The molecule has 4 heteroatoms. The molecule has 19 heavy (non-hydrogen) atoms. The smallest absolute Gasteiger partial charge is 0.119 e. The van der Waals surface area contributed by atoms with Crippen LogP contribution in [0, 0.1) is 0 Å². The largest absolute Gasteiger partial charge is 0.497 e. The van der Waals surface area contributed by atoms with Crippen molar-refractivity contribution in [1.82, 2.24) is 0 Å². The summed E-state index contributed by atoms with van der Waals surface area (Å²) >= 11 is 0. The molecule has 0 spiro atoms. The topological polar surface area (TPSA) is 35.5 Å². The van der Waals surface area contributed by atoms with Crippen molar-refractivity contribution in [1.29, 1.82) is 0 Å². The van der Waals surface area contributed by atoms with Gasteiger partial charge in [-0.15, -0.1) is 0 Å². The van der Waals surface area contributed by atoms with Crippen molar-refractivity contribution in [2.45, 2.75) is 5.75 Å². The van der Waals surface area contributed by atoms with Crippen molar-refractivity contribution >= 4 is 16.4 Å². The first kappa shape index (κ1) is 13.6. The first-order valence-electron chi connectivity index (χ1n) is 5.76. The summed E-state index contributed by atoms with van der Waals surface area (Å²) in [6.07, 6.45) is 1.69. The van der Waals surface area contributed by atoms with Crippen LogP contribution in [0.4, 0.5) is 0 Å². The van der Waals surface area contributed by atoms with Gasteiger partial charge in [-0.1, -0.05) is 19.2 Å².